The van der Waals surface area contributed by atoms with Crippen LogP contribution in [0.1, 0.15) is 23.1 Å². The Kier molecular flexibility index (Phi) is 3.45. The number of aryl methyl sites for hydroxylation is 2. The van der Waals surface area contributed by atoms with Gasteiger partial charge in [-0.3, -0.25) is 4.79 Å². The van der Waals surface area contributed by atoms with Crippen molar-refractivity contribution < 1.29 is 5.11 Å². The van der Waals surface area contributed by atoms with Crippen molar-refractivity contribution in [3.63, 3.8) is 0 Å². The molecule has 90 valence electrons. The molecule has 17 heavy (non-hydrogen) atoms. The monoisotopic (exact) mass is 249 g/mol. The molecule has 0 radical (unpaired) electrons. The van der Waals surface area contributed by atoms with Gasteiger partial charge in [-0.1, -0.05) is 0 Å². The molecular formula is C13H15NO2S. The number of hydrogen-bond donors (Lipinski definition) is 1. The van der Waals surface area contributed by atoms with Gasteiger partial charge >= 0.3 is 0 Å². The van der Waals surface area contributed by atoms with E-state index in [1.807, 2.05) is 35.2 Å². The van der Waals surface area contributed by atoms with E-state index in [0.29, 0.717) is 6.54 Å². The van der Waals surface area contributed by atoms with E-state index in [1.165, 1.54) is 0 Å². The van der Waals surface area contributed by atoms with E-state index in [4.69, 9.17) is 0 Å². The largest absolute Gasteiger partial charge is 0.387 e. The topological polar surface area (TPSA) is 42.2 Å². The Hall–Kier alpha value is -1.39. The van der Waals surface area contributed by atoms with Gasteiger partial charge in [-0.2, -0.15) is 11.3 Å². The molecular weight excluding hydrogens is 234 g/mol. The summed E-state index contributed by atoms with van der Waals surface area (Å²) in [7, 11) is 0. The predicted octanol–water partition coefficient (Wildman–Crippen LogP) is 2.26. The van der Waals surface area contributed by atoms with Gasteiger partial charge in [0.15, 0.2) is 5.43 Å². The number of nitrogens with zero attached hydrogens (tertiary/aromatic N) is 1. The number of aliphatic hydroxyl groups excluding tert-OH is 1. The van der Waals surface area contributed by atoms with Gasteiger partial charge in [0.25, 0.3) is 0 Å². The molecule has 0 aromatic carbocycles. The normalized spacial score (nSPS) is 12.6. The maximum absolute atomic E-state index is 11.3. The smallest absolute Gasteiger partial charge is 0.182 e. The molecule has 0 amide bonds. The third kappa shape index (κ3) is 2.65. The van der Waals surface area contributed by atoms with Gasteiger partial charge < -0.3 is 9.67 Å². The predicted molar refractivity (Wildman–Crippen MR) is 69.5 cm³/mol. The summed E-state index contributed by atoms with van der Waals surface area (Å²) in [6.07, 6.45) is -0.527. The lowest BCUT2D eigenvalue weighted by atomic mass is 10.2. The highest BCUT2D eigenvalue weighted by molar-refractivity contribution is 7.07. The Bertz CT molecular complexity index is 531. The summed E-state index contributed by atoms with van der Waals surface area (Å²) in [5.41, 5.74) is 2.70. The van der Waals surface area contributed by atoms with Crippen molar-refractivity contribution in [3.8, 4) is 0 Å². The van der Waals surface area contributed by atoms with Gasteiger partial charge in [-0.05, 0) is 36.2 Å². The molecule has 0 saturated heterocycles. The van der Waals surface area contributed by atoms with Crippen molar-refractivity contribution in [2.45, 2.75) is 26.5 Å². The number of aromatic nitrogens is 1. The molecule has 0 bridgehead atoms. The quantitative estimate of drug-likeness (QED) is 0.906. The van der Waals surface area contributed by atoms with E-state index < -0.39 is 6.10 Å². The van der Waals surface area contributed by atoms with Gasteiger partial charge in [-0.25, -0.2) is 0 Å². The van der Waals surface area contributed by atoms with Crippen LogP contribution in [0.5, 0.6) is 0 Å². The number of aliphatic hydroxyl groups is 1. The zero-order valence-electron chi connectivity index (χ0n) is 9.88. The average Bonchev–Trinajstić information content (AvgIpc) is 2.76. The lowest BCUT2D eigenvalue weighted by Crippen LogP contribution is -2.17. The lowest BCUT2D eigenvalue weighted by molar-refractivity contribution is 0.155. The van der Waals surface area contributed by atoms with Crippen LogP contribution in [-0.4, -0.2) is 9.67 Å². The first kappa shape index (κ1) is 12.1. The van der Waals surface area contributed by atoms with Crippen LogP contribution >= 0.6 is 11.3 Å². The molecule has 2 heterocycles. The fourth-order valence-electron chi connectivity index (χ4n) is 1.92. The summed E-state index contributed by atoms with van der Waals surface area (Å²) in [6.45, 7) is 4.25. The third-order valence-electron chi connectivity index (χ3n) is 2.84. The Balaban J connectivity index is 2.28. The van der Waals surface area contributed by atoms with Crippen molar-refractivity contribution in [1.29, 1.82) is 0 Å². The van der Waals surface area contributed by atoms with E-state index in [2.05, 4.69) is 0 Å². The summed E-state index contributed by atoms with van der Waals surface area (Å²) in [5, 5.41) is 14.0. The van der Waals surface area contributed by atoms with Crippen molar-refractivity contribution in [2.24, 2.45) is 0 Å². The van der Waals surface area contributed by atoms with Crippen LogP contribution < -0.4 is 5.43 Å². The minimum absolute atomic E-state index is 0.0151. The van der Waals surface area contributed by atoms with Crippen molar-refractivity contribution in [3.05, 3.63) is 56.1 Å². The second-order valence-electron chi connectivity index (χ2n) is 4.16. The van der Waals surface area contributed by atoms with E-state index in [0.717, 1.165) is 17.0 Å². The highest BCUT2D eigenvalue weighted by atomic mass is 32.1. The second kappa shape index (κ2) is 4.85. The zero-order valence-corrected chi connectivity index (χ0v) is 10.7. The van der Waals surface area contributed by atoms with Crippen LogP contribution in [0.25, 0.3) is 0 Å². The first-order valence-electron chi connectivity index (χ1n) is 5.46. The standard InChI is InChI=1S/C13H15NO2S/c1-9-5-12(15)6-10(2)14(9)7-13(16)11-3-4-17-8-11/h3-6,8,13,16H,7H2,1-2H3. The zero-order chi connectivity index (χ0) is 12.4. The van der Waals surface area contributed by atoms with Crippen LogP contribution in [0.2, 0.25) is 0 Å². The third-order valence-corrected chi connectivity index (χ3v) is 3.54. The van der Waals surface area contributed by atoms with Crippen LogP contribution in [0.4, 0.5) is 0 Å². The summed E-state index contributed by atoms with van der Waals surface area (Å²) < 4.78 is 1.96. The summed E-state index contributed by atoms with van der Waals surface area (Å²) >= 11 is 1.57. The summed E-state index contributed by atoms with van der Waals surface area (Å²) in [4.78, 5) is 11.3. The maximum atomic E-state index is 11.3. The molecule has 0 spiro atoms. The molecule has 2 rings (SSSR count). The van der Waals surface area contributed by atoms with Gasteiger partial charge in [0.2, 0.25) is 0 Å². The number of rotatable bonds is 3. The minimum Gasteiger partial charge on any atom is -0.387 e. The average molecular weight is 249 g/mol. The molecule has 0 aliphatic carbocycles. The molecule has 4 heteroatoms. The second-order valence-corrected chi connectivity index (χ2v) is 4.94. The first-order valence-corrected chi connectivity index (χ1v) is 6.40. The highest BCUT2D eigenvalue weighted by Gasteiger charge is 2.11. The fourth-order valence-corrected chi connectivity index (χ4v) is 2.63. The SMILES string of the molecule is Cc1cc(=O)cc(C)n1CC(O)c1ccsc1. The molecule has 1 N–H and O–H groups in total. The molecule has 2 aromatic heterocycles. The van der Waals surface area contributed by atoms with Crippen LogP contribution in [0.15, 0.2) is 33.8 Å². The molecule has 3 nitrogen and oxygen atoms in total. The summed E-state index contributed by atoms with van der Waals surface area (Å²) in [6, 6.07) is 5.10. The van der Waals surface area contributed by atoms with Crippen molar-refractivity contribution >= 4 is 11.3 Å². The van der Waals surface area contributed by atoms with Gasteiger partial charge in [-0.15, -0.1) is 0 Å². The maximum Gasteiger partial charge on any atom is 0.182 e. The highest BCUT2D eigenvalue weighted by Crippen LogP contribution is 2.19. The number of thiophene rings is 1. The molecule has 0 saturated carbocycles. The molecule has 1 atom stereocenters. The van der Waals surface area contributed by atoms with E-state index in [1.54, 1.807) is 23.5 Å². The van der Waals surface area contributed by atoms with Crippen LogP contribution in [0.3, 0.4) is 0 Å². The van der Waals surface area contributed by atoms with Gasteiger partial charge in [0.05, 0.1) is 12.6 Å². The molecule has 0 aliphatic heterocycles. The Morgan fingerprint density at radius 1 is 1.35 bits per heavy atom. The van der Waals surface area contributed by atoms with Crippen molar-refractivity contribution in [2.75, 3.05) is 0 Å². The van der Waals surface area contributed by atoms with Crippen LogP contribution in [0, 0.1) is 13.8 Å². The number of hydrogen-bond acceptors (Lipinski definition) is 3. The minimum atomic E-state index is -0.527. The molecule has 0 aliphatic rings. The van der Waals surface area contributed by atoms with E-state index in [-0.39, 0.29) is 5.43 Å². The molecule has 1 unspecified atom stereocenters. The van der Waals surface area contributed by atoms with Gasteiger partial charge in [0, 0.05) is 23.5 Å². The number of pyridine rings is 1. The van der Waals surface area contributed by atoms with Crippen LogP contribution in [-0.2, 0) is 6.54 Å². The molecule has 2 aromatic rings. The lowest BCUT2D eigenvalue weighted by Gasteiger charge is -2.17. The fraction of sp³-hybridized carbons (Fsp3) is 0.308. The van der Waals surface area contributed by atoms with Gasteiger partial charge in [0.1, 0.15) is 0 Å². The Morgan fingerprint density at radius 2 is 2.00 bits per heavy atom. The molecule has 0 fully saturated rings. The first-order chi connectivity index (χ1) is 8.08. The summed E-state index contributed by atoms with van der Waals surface area (Å²) in [5.74, 6) is 0. The van der Waals surface area contributed by atoms with E-state index >= 15 is 0 Å². The van der Waals surface area contributed by atoms with E-state index in [9.17, 15) is 9.90 Å². The Labute approximate surface area is 104 Å². The van der Waals surface area contributed by atoms with Crippen molar-refractivity contribution in [1.82, 2.24) is 4.57 Å². The Morgan fingerprint density at radius 3 is 2.53 bits per heavy atom.